The first-order valence-corrected chi connectivity index (χ1v) is 9.03. The van der Waals surface area contributed by atoms with Gasteiger partial charge in [0.15, 0.2) is 5.58 Å². The number of benzene rings is 2. The fourth-order valence-corrected chi connectivity index (χ4v) is 2.87. The normalized spacial score (nSPS) is 12.6. The van der Waals surface area contributed by atoms with Gasteiger partial charge >= 0.3 is 0 Å². The van der Waals surface area contributed by atoms with Gasteiger partial charge in [-0.1, -0.05) is 38.1 Å². The molecule has 3 rings (SSSR count). The Morgan fingerprint density at radius 1 is 1.22 bits per heavy atom. The second kappa shape index (κ2) is 8.54. The highest BCUT2D eigenvalue weighted by molar-refractivity contribution is 5.92. The maximum Gasteiger partial charge on any atom is 0.244 e. The number of nitrogens with zero attached hydrogens (tertiary/aromatic N) is 1. The Labute approximate surface area is 159 Å². The van der Waals surface area contributed by atoms with Crippen molar-refractivity contribution in [3.05, 3.63) is 66.1 Å². The molecule has 5 heteroatoms. The molecule has 0 radical (unpaired) electrons. The van der Waals surface area contributed by atoms with E-state index in [9.17, 15) is 4.79 Å². The molecule has 0 saturated heterocycles. The highest BCUT2D eigenvalue weighted by Gasteiger charge is 2.21. The Balaban J connectivity index is 1.75. The van der Waals surface area contributed by atoms with Crippen LogP contribution < -0.4 is 10.1 Å². The zero-order chi connectivity index (χ0) is 19.2. The van der Waals surface area contributed by atoms with E-state index in [0.29, 0.717) is 11.8 Å². The van der Waals surface area contributed by atoms with Crippen LogP contribution in [0.4, 0.5) is 0 Å². The van der Waals surface area contributed by atoms with Gasteiger partial charge in [-0.3, -0.25) is 4.79 Å². The van der Waals surface area contributed by atoms with E-state index >= 15 is 0 Å². The third-order valence-electron chi connectivity index (χ3n) is 4.15. The van der Waals surface area contributed by atoms with Crippen molar-refractivity contribution in [1.82, 2.24) is 10.3 Å². The number of hydrogen-bond donors (Lipinski definition) is 1. The minimum absolute atomic E-state index is 0.189. The molecular formula is C22H24N2O3. The number of hydrogen-bond acceptors (Lipinski definition) is 4. The molecule has 0 aliphatic carbocycles. The van der Waals surface area contributed by atoms with Crippen LogP contribution in [0.2, 0.25) is 0 Å². The second-order valence-electron chi connectivity index (χ2n) is 6.82. The van der Waals surface area contributed by atoms with E-state index in [-0.39, 0.29) is 11.9 Å². The maximum absolute atomic E-state index is 12.5. The van der Waals surface area contributed by atoms with Crippen LogP contribution >= 0.6 is 0 Å². The number of fused-ring (bicyclic) bond motifs is 1. The number of amides is 1. The third kappa shape index (κ3) is 4.97. The first-order chi connectivity index (χ1) is 13.0. The molecule has 1 N–H and O–H groups in total. The average molecular weight is 364 g/mol. The van der Waals surface area contributed by atoms with Gasteiger partial charge in [0.2, 0.25) is 11.8 Å². The van der Waals surface area contributed by atoms with Gasteiger partial charge in [0, 0.05) is 6.08 Å². The molecule has 0 aliphatic rings. The summed E-state index contributed by atoms with van der Waals surface area (Å²) in [4.78, 5) is 17.0. The van der Waals surface area contributed by atoms with E-state index in [1.807, 2.05) is 48.5 Å². The number of carbonyl (C=O) groups excluding carboxylic acids is 1. The highest BCUT2D eigenvalue weighted by atomic mass is 16.5. The van der Waals surface area contributed by atoms with Gasteiger partial charge < -0.3 is 14.5 Å². The summed E-state index contributed by atoms with van der Waals surface area (Å²) >= 11 is 0. The Morgan fingerprint density at radius 3 is 2.78 bits per heavy atom. The molecule has 0 spiro atoms. The molecule has 140 valence electrons. The zero-order valence-electron chi connectivity index (χ0n) is 15.8. The molecule has 1 heterocycles. The molecule has 0 bridgehead atoms. The number of nitrogens with one attached hydrogen (secondary N) is 1. The predicted octanol–water partition coefficient (Wildman–Crippen LogP) is 4.75. The molecule has 1 amide bonds. The summed E-state index contributed by atoms with van der Waals surface area (Å²) in [5, 5.41) is 3.01. The zero-order valence-corrected chi connectivity index (χ0v) is 15.8. The number of ether oxygens (including phenoxy) is 1. The van der Waals surface area contributed by atoms with Crippen LogP contribution in [0.25, 0.3) is 17.2 Å². The quantitative estimate of drug-likeness (QED) is 0.614. The third-order valence-corrected chi connectivity index (χ3v) is 4.15. The monoisotopic (exact) mass is 364 g/mol. The standard InChI is InChI=1S/C22H24N2O3/c1-15(2)13-19(22-24-18-9-4-5-10-20(18)27-22)23-21(25)12-11-16-7-6-8-17(14-16)26-3/h4-12,14-15,19H,13H2,1-3H3,(H,23,25)/b12-11+/t19-/m0/s1. The Kier molecular flexibility index (Phi) is 5.91. The van der Waals surface area contributed by atoms with Crippen molar-refractivity contribution in [1.29, 1.82) is 0 Å². The van der Waals surface area contributed by atoms with Crippen molar-refractivity contribution in [2.24, 2.45) is 5.92 Å². The van der Waals surface area contributed by atoms with E-state index in [1.165, 1.54) is 6.08 Å². The second-order valence-corrected chi connectivity index (χ2v) is 6.82. The minimum atomic E-state index is -0.278. The number of oxazole rings is 1. The van der Waals surface area contributed by atoms with Gasteiger partial charge in [0.1, 0.15) is 17.3 Å². The topological polar surface area (TPSA) is 64.4 Å². The van der Waals surface area contributed by atoms with Crippen LogP contribution in [0.15, 0.2) is 59.0 Å². The molecule has 3 aromatic rings. The lowest BCUT2D eigenvalue weighted by Crippen LogP contribution is -2.28. The molecule has 5 nitrogen and oxygen atoms in total. The number of rotatable bonds is 7. The SMILES string of the molecule is COc1cccc(/C=C/C(=O)N[C@@H](CC(C)C)c2nc3ccccc3o2)c1. The van der Waals surface area contributed by atoms with Crippen LogP contribution in [0.5, 0.6) is 5.75 Å². The molecule has 0 saturated carbocycles. The van der Waals surface area contributed by atoms with Crippen molar-refractivity contribution in [3.8, 4) is 5.75 Å². The summed E-state index contributed by atoms with van der Waals surface area (Å²) in [6.45, 7) is 4.21. The summed E-state index contributed by atoms with van der Waals surface area (Å²) in [5.74, 6) is 1.48. The average Bonchev–Trinajstić information content (AvgIpc) is 3.10. The summed E-state index contributed by atoms with van der Waals surface area (Å²) in [6.07, 6.45) is 4.02. The molecular weight excluding hydrogens is 340 g/mol. The van der Waals surface area contributed by atoms with Crippen LogP contribution in [0, 0.1) is 5.92 Å². The lowest BCUT2D eigenvalue weighted by atomic mass is 10.0. The van der Waals surface area contributed by atoms with Crippen LogP contribution in [-0.2, 0) is 4.79 Å². The van der Waals surface area contributed by atoms with E-state index in [2.05, 4.69) is 24.1 Å². The van der Waals surface area contributed by atoms with Gasteiger partial charge in [-0.15, -0.1) is 0 Å². The summed E-state index contributed by atoms with van der Waals surface area (Å²) in [5.41, 5.74) is 2.41. The van der Waals surface area contributed by atoms with Gasteiger partial charge in [-0.2, -0.15) is 0 Å². The molecule has 2 aromatic carbocycles. The summed E-state index contributed by atoms with van der Waals surface area (Å²) in [6, 6.07) is 14.9. The van der Waals surface area contributed by atoms with Crippen LogP contribution in [0.3, 0.4) is 0 Å². The van der Waals surface area contributed by atoms with Gasteiger partial charge in [0.05, 0.1) is 7.11 Å². The first kappa shape index (κ1) is 18.7. The van der Waals surface area contributed by atoms with E-state index in [1.54, 1.807) is 13.2 Å². The van der Waals surface area contributed by atoms with Gasteiger partial charge in [-0.25, -0.2) is 4.98 Å². The number of carbonyl (C=O) groups is 1. The summed E-state index contributed by atoms with van der Waals surface area (Å²) < 4.78 is 11.1. The smallest absolute Gasteiger partial charge is 0.244 e. The lowest BCUT2D eigenvalue weighted by molar-refractivity contribution is -0.117. The molecule has 27 heavy (non-hydrogen) atoms. The van der Waals surface area contributed by atoms with Crippen LogP contribution in [-0.4, -0.2) is 18.0 Å². The largest absolute Gasteiger partial charge is 0.497 e. The molecule has 1 atom stereocenters. The lowest BCUT2D eigenvalue weighted by Gasteiger charge is -2.16. The van der Waals surface area contributed by atoms with Gasteiger partial charge in [-0.05, 0) is 48.2 Å². The molecule has 1 aromatic heterocycles. The summed E-state index contributed by atoms with van der Waals surface area (Å²) in [7, 11) is 1.62. The maximum atomic E-state index is 12.5. The number of methoxy groups -OCH3 is 1. The Bertz CT molecular complexity index is 910. The molecule has 0 fully saturated rings. The van der Waals surface area contributed by atoms with E-state index in [4.69, 9.17) is 9.15 Å². The highest BCUT2D eigenvalue weighted by Crippen LogP contribution is 2.25. The Hall–Kier alpha value is -3.08. The fourth-order valence-electron chi connectivity index (χ4n) is 2.87. The van der Waals surface area contributed by atoms with Crippen LogP contribution in [0.1, 0.15) is 37.8 Å². The van der Waals surface area contributed by atoms with Crippen molar-refractivity contribution in [2.45, 2.75) is 26.3 Å². The predicted molar refractivity (Wildman–Crippen MR) is 106 cm³/mol. The van der Waals surface area contributed by atoms with Crippen molar-refractivity contribution in [2.75, 3.05) is 7.11 Å². The van der Waals surface area contributed by atoms with E-state index in [0.717, 1.165) is 28.8 Å². The number of aromatic nitrogens is 1. The molecule has 0 unspecified atom stereocenters. The van der Waals surface area contributed by atoms with Crippen molar-refractivity contribution < 1.29 is 13.9 Å². The van der Waals surface area contributed by atoms with Crippen molar-refractivity contribution >= 4 is 23.1 Å². The van der Waals surface area contributed by atoms with Crippen molar-refractivity contribution in [3.63, 3.8) is 0 Å². The minimum Gasteiger partial charge on any atom is -0.497 e. The molecule has 0 aliphatic heterocycles. The van der Waals surface area contributed by atoms with Gasteiger partial charge in [0.25, 0.3) is 0 Å². The number of para-hydroxylation sites is 2. The Morgan fingerprint density at radius 2 is 2.04 bits per heavy atom. The fraction of sp³-hybridized carbons (Fsp3) is 0.273. The van der Waals surface area contributed by atoms with E-state index < -0.39 is 0 Å². The first-order valence-electron chi connectivity index (χ1n) is 9.03.